The maximum atomic E-state index is 11.8. The lowest BCUT2D eigenvalue weighted by Crippen LogP contribution is -2.35. The number of ketones is 1. The zero-order chi connectivity index (χ0) is 25.4. The molecule has 0 radical (unpaired) electrons. The summed E-state index contributed by atoms with van der Waals surface area (Å²) < 4.78 is 11.9. The largest absolute Gasteiger partial charge is 0.502 e. The molecule has 0 amide bonds. The molecule has 35 heavy (non-hydrogen) atoms. The van der Waals surface area contributed by atoms with Gasteiger partial charge in [-0.3, -0.25) is 9.78 Å². The second kappa shape index (κ2) is 12.5. The predicted octanol–water partition coefficient (Wildman–Crippen LogP) is 5.83. The third-order valence-corrected chi connectivity index (χ3v) is 6.08. The molecule has 3 rings (SSSR count). The van der Waals surface area contributed by atoms with Gasteiger partial charge in [-0.05, 0) is 49.0 Å². The van der Waals surface area contributed by atoms with Gasteiger partial charge in [0.1, 0.15) is 35.7 Å². The van der Waals surface area contributed by atoms with E-state index in [1.54, 1.807) is 42.6 Å². The number of benzene rings is 2. The van der Waals surface area contributed by atoms with Crippen molar-refractivity contribution >= 4 is 34.0 Å². The van der Waals surface area contributed by atoms with E-state index in [2.05, 4.69) is 14.7 Å². The van der Waals surface area contributed by atoms with Crippen LogP contribution in [0.25, 0.3) is 15.7 Å². The molecular weight excluding hydrogens is 466 g/mol. The molecule has 0 saturated carbocycles. The number of nitrogens with zero attached hydrogens (tertiary/aromatic N) is 3. The maximum absolute atomic E-state index is 11.8. The molecule has 0 spiro atoms. The van der Waals surface area contributed by atoms with Crippen molar-refractivity contribution in [2.75, 3.05) is 26.2 Å². The van der Waals surface area contributed by atoms with Crippen LogP contribution >= 0.6 is 11.6 Å². The second-order valence-electron chi connectivity index (χ2n) is 8.13. The number of pyridine rings is 1. The molecule has 184 valence electrons. The number of aromatic nitrogens is 1. The molecule has 1 heterocycles. The molecule has 7 nitrogen and oxygen atoms in total. The summed E-state index contributed by atoms with van der Waals surface area (Å²) >= 11 is 6.37. The molecule has 0 unspecified atom stereocenters. The molecule has 1 N–H and O–H groups in total. The van der Waals surface area contributed by atoms with Crippen LogP contribution in [0, 0.1) is 6.57 Å². The normalized spacial score (nSPS) is 11.9. The van der Waals surface area contributed by atoms with E-state index in [1.165, 1.54) is 0 Å². The molecule has 0 fully saturated rings. The fraction of sp³-hybridized carbons (Fsp3) is 0.370. The first kappa shape index (κ1) is 26.4. The number of rotatable bonds is 12. The Bertz CT molecular complexity index is 1220. The van der Waals surface area contributed by atoms with Crippen molar-refractivity contribution in [1.82, 2.24) is 9.88 Å². The lowest BCUT2D eigenvalue weighted by atomic mass is 10.1. The number of ether oxygens (including phenoxy) is 2. The number of aliphatic hydroxyl groups excluding tert-OH is 1. The number of hydrogen-bond acceptors (Lipinski definition) is 6. The molecular formula is C27H30ClN3O4. The van der Waals surface area contributed by atoms with Gasteiger partial charge in [0.05, 0.1) is 12.1 Å². The predicted molar refractivity (Wildman–Crippen MR) is 138 cm³/mol. The number of carbonyl (C=O) groups is 1. The van der Waals surface area contributed by atoms with Crippen LogP contribution in [0.3, 0.4) is 0 Å². The van der Waals surface area contributed by atoms with E-state index in [9.17, 15) is 9.90 Å². The Morgan fingerprint density at radius 3 is 2.60 bits per heavy atom. The summed E-state index contributed by atoms with van der Waals surface area (Å²) in [5.74, 6) is 1.51. The first-order valence-electron chi connectivity index (χ1n) is 11.7. The van der Waals surface area contributed by atoms with Crippen LogP contribution in [0.15, 0.2) is 42.6 Å². The van der Waals surface area contributed by atoms with Gasteiger partial charge in [0.25, 0.3) is 0 Å². The Kier molecular flexibility index (Phi) is 9.44. The van der Waals surface area contributed by atoms with Crippen LogP contribution in [0.5, 0.6) is 17.2 Å². The average molecular weight is 496 g/mol. The summed E-state index contributed by atoms with van der Waals surface area (Å²) in [6.07, 6.45) is 1.69. The summed E-state index contributed by atoms with van der Waals surface area (Å²) in [5, 5.41) is 11.4. The summed E-state index contributed by atoms with van der Waals surface area (Å²) in [6, 6.07) is 10.3. The Morgan fingerprint density at radius 2 is 1.94 bits per heavy atom. The van der Waals surface area contributed by atoms with Gasteiger partial charge in [-0.15, -0.1) is 0 Å². The molecule has 0 aliphatic heterocycles. The third kappa shape index (κ3) is 6.92. The Morgan fingerprint density at radius 1 is 1.17 bits per heavy atom. The smallest absolute Gasteiger partial charge is 0.229 e. The molecule has 0 aliphatic rings. The first-order chi connectivity index (χ1) is 16.9. The van der Waals surface area contributed by atoms with Crippen LogP contribution < -0.4 is 9.47 Å². The molecule has 3 aromatic rings. The highest BCUT2D eigenvalue weighted by Gasteiger charge is 2.15. The van der Waals surface area contributed by atoms with Crippen molar-refractivity contribution in [2.24, 2.45) is 0 Å². The van der Waals surface area contributed by atoms with Gasteiger partial charge in [0, 0.05) is 36.0 Å². The van der Waals surface area contributed by atoms with Crippen molar-refractivity contribution in [2.45, 2.75) is 39.7 Å². The van der Waals surface area contributed by atoms with Gasteiger partial charge in [0.2, 0.25) is 5.69 Å². The van der Waals surface area contributed by atoms with Crippen LogP contribution in [0.1, 0.15) is 32.8 Å². The van der Waals surface area contributed by atoms with Gasteiger partial charge in [0.15, 0.2) is 0 Å². The summed E-state index contributed by atoms with van der Waals surface area (Å²) in [4.78, 5) is 21.9. The van der Waals surface area contributed by atoms with Crippen LogP contribution in [0.4, 0.5) is 5.69 Å². The van der Waals surface area contributed by atoms with Gasteiger partial charge in [-0.1, -0.05) is 38.4 Å². The maximum Gasteiger partial charge on any atom is 0.229 e. The summed E-state index contributed by atoms with van der Waals surface area (Å²) in [6.45, 7) is 15.8. The zero-order valence-corrected chi connectivity index (χ0v) is 21.0. The fourth-order valence-electron chi connectivity index (χ4n) is 3.65. The average Bonchev–Trinajstić information content (AvgIpc) is 2.87. The van der Waals surface area contributed by atoms with E-state index in [0.717, 1.165) is 18.7 Å². The summed E-state index contributed by atoms with van der Waals surface area (Å²) in [7, 11) is 0. The fourth-order valence-corrected chi connectivity index (χ4v) is 3.88. The molecule has 1 aromatic heterocycles. The molecule has 1 atom stereocenters. The quantitative estimate of drug-likeness (QED) is 0.318. The number of halogens is 1. The Balaban J connectivity index is 1.81. The van der Waals surface area contributed by atoms with Crippen molar-refractivity contribution in [1.29, 1.82) is 0 Å². The minimum absolute atomic E-state index is 0.0755. The molecule has 0 saturated heterocycles. The highest BCUT2D eigenvalue weighted by atomic mass is 35.5. The van der Waals surface area contributed by atoms with Crippen molar-refractivity contribution in [3.05, 3.63) is 64.6 Å². The Labute approximate surface area is 211 Å². The highest BCUT2D eigenvalue weighted by molar-refractivity contribution is 6.31. The van der Waals surface area contributed by atoms with E-state index in [1.807, 2.05) is 20.8 Å². The van der Waals surface area contributed by atoms with E-state index < -0.39 is 6.10 Å². The molecule has 2 aromatic carbocycles. The molecule has 0 bridgehead atoms. The lowest BCUT2D eigenvalue weighted by Gasteiger charge is -2.22. The number of aliphatic hydroxyl groups is 1. The number of carbonyl (C=O) groups excluding carboxylic acids is 1. The second-order valence-corrected chi connectivity index (χ2v) is 8.54. The standard InChI is InChI=1S/C27H30ClN3O4/c1-5-19(32)12-18-8-9-21(13-23(18)28)35-26-10-11-30-24-15-27(25(29-4)14-22(24)26)34-17-20(33)16-31(6-2)7-3/h8-11,13-15,20,33H,5-7,12,16-17H2,1-3H3/t20-/m1/s1. The summed E-state index contributed by atoms with van der Waals surface area (Å²) in [5.41, 5.74) is 1.65. The first-order valence-corrected chi connectivity index (χ1v) is 12.1. The van der Waals surface area contributed by atoms with Gasteiger partial charge >= 0.3 is 0 Å². The minimum atomic E-state index is -0.674. The van der Waals surface area contributed by atoms with Crippen LogP contribution in [-0.2, 0) is 11.2 Å². The molecule has 8 heteroatoms. The zero-order valence-electron chi connectivity index (χ0n) is 20.3. The van der Waals surface area contributed by atoms with Gasteiger partial charge in [-0.2, -0.15) is 0 Å². The third-order valence-electron chi connectivity index (χ3n) is 5.73. The lowest BCUT2D eigenvalue weighted by molar-refractivity contribution is -0.118. The van der Waals surface area contributed by atoms with Crippen LogP contribution in [0.2, 0.25) is 5.02 Å². The van der Waals surface area contributed by atoms with E-state index in [0.29, 0.717) is 51.8 Å². The number of likely N-dealkylation sites (N-methyl/N-ethyl adjacent to an activating group) is 1. The van der Waals surface area contributed by atoms with E-state index >= 15 is 0 Å². The highest BCUT2D eigenvalue weighted by Crippen LogP contribution is 2.38. The topological polar surface area (TPSA) is 76.2 Å². The van der Waals surface area contributed by atoms with Gasteiger partial charge < -0.3 is 19.5 Å². The Hall–Kier alpha value is -3.18. The monoisotopic (exact) mass is 495 g/mol. The van der Waals surface area contributed by atoms with Crippen molar-refractivity contribution < 1.29 is 19.4 Å². The molecule has 0 aliphatic carbocycles. The number of hydrogen-bond donors (Lipinski definition) is 1. The number of Topliss-reactive ketones (excluding diaryl/α,β-unsaturated/α-hetero) is 1. The van der Waals surface area contributed by atoms with E-state index in [-0.39, 0.29) is 18.8 Å². The van der Waals surface area contributed by atoms with Crippen molar-refractivity contribution in [3.63, 3.8) is 0 Å². The number of fused-ring (bicyclic) bond motifs is 1. The van der Waals surface area contributed by atoms with Crippen molar-refractivity contribution in [3.8, 4) is 17.2 Å². The van der Waals surface area contributed by atoms with Gasteiger partial charge in [-0.25, -0.2) is 4.85 Å². The minimum Gasteiger partial charge on any atom is -0.502 e. The van der Waals surface area contributed by atoms with E-state index in [4.69, 9.17) is 27.6 Å². The SMILES string of the molecule is [C-]#[N+]c1cc2c(Oc3ccc(CC(=O)CC)c(Cl)c3)ccnc2cc1OC[C@H](O)CN(CC)CC. The van der Waals surface area contributed by atoms with Crippen LogP contribution in [-0.4, -0.2) is 53.1 Å².